The third kappa shape index (κ3) is 3.77. The van der Waals surface area contributed by atoms with Gasteiger partial charge in [0, 0.05) is 29.7 Å². The molecule has 0 spiro atoms. The molecule has 148 valence electrons. The number of thiazole rings is 1. The maximum absolute atomic E-state index is 13.0. The maximum Gasteiger partial charge on any atom is 0.276 e. The molecule has 1 saturated carbocycles. The maximum atomic E-state index is 13.0. The standard InChI is InChI=1S/C22H17N5O2S/c28-20(25-14-8-9-14)13-4-3-5-15(12-13)26-21(29)18-19(24-11-10-23-18)22-27-16-6-1-2-7-17(16)30-22/h1-7,10-12,14H,8-9H2,(H,25,28)(H,26,29). The molecule has 1 aliphatic carbocycles. The second kappa shape index (κ2) is 7.64. The molecule has 0 saturated heterocycles. The van der Waals surface area contributed by atoms with Crippen LogP contribution >= 0.6 is 11.3 Å². The summed E-state index contributed by atoms with van der Waals surface area (Å²) in [7, 11) is 0. The first-order valence-electron chi connectivity index (χ1n) is 9.56. The van der Waals surface area contributed by atoms with Crippen molar-refractivity contribution in [3.05, 3.63) is 72.2 Å². The van der Waals surface area contributed by atoms with Crippen LogP contribution in [-0.4, -0.2) is 32.8 Å². The predicted molar refractivity (Wildman–Crippen MR) is 116 cm³/mol. The van der Waals surface area contributed by atoms with Gasteiger partial charge in [0.2, 0.25) is 0 Å². The van der Waals surface area contributed by atoms with Crippen LogP contribution in [0.1, 0.15) is 33.7 Å². The number of hydrogen-bond donors (Lipinski definition) is 2. The highest BCUT2D eigenvalue weighted by Gasteiger charge is 2.24. The van der Waals surface area contributed by atoms with E-state index in [1.807, 2.05) is 24.3 Å². The van der Waals surface area contributed by atoms with Crippen LogP contribution in [0.25, 0.3) is 20.9 Å². The Morgan fingerprint density at radius 3 is 2.63 bits per heavy atom. The zero-order valence-electron chi connectivity index (χ0n) is 15.8. The number of rotatable bonds is 5. The van der Waals surface area contributed by atoms with Gasteiger partial charge < -0.3 is 10.6 Å². The highest BCUT2D eigenvalue weighted by molar-refractivity contribution is 7.21. The monoisotopic (exact) mass is 415 g/mol. The molecule has 0 atom stereocenters. The first-order chi connectivity index (χ1) is 14.7. The van der Waals surface area contributed by atoms with Gasteiger partial charge in [0.1, 0.15) is 10.7 Å². The molecule has 0 radical (unpaired) electrons. The summed E-state index contributed by atoms with van der Waals surface area (Å²) in [4.78, 5) is 38.4. The first kappa shape index (κ1) is 18.4. The third-order valence-corrected chi connectivity index (χ3v) is 5.75. The molecule has 0 bridgehead atoms. The topological polar surface area (TPSA) is 96.9 Å². The minimum Gasteiger partial charge on any atom is -0.349 e. The minimum absolute atomic E-state index is 0.136. The molecule has 2 aromatic carbocycles. The van der Waals surface area contributed by atoms with Crippen molar-refractivity contribution < 1.29 is 9.59 Å². The summed E-state index contributed by atoms with van der Waals surface area (Å²) in [5, 5.41) is 6.40. The largest absolute Gasteiger partial charge is 0.349 e. The lowest BCUT2D eigenvalue weighted by molar-refractivity contribution is 0.0949. The third-order valence-electron chi connectivity index (χ3n) is 4.70. The van der Waals surface area contributed by atoms with Crippen LogP contribution in [0.15, 0.2) is 60.9 Å². The Morgan fingerprint density at radius 1 is 0.967 bits per heavy atom. The molecule has 0 unspecified atom stereocenters. The van der Waals surface area contributed by atoms with E-state index in [0.29, 0.717) is 22.0 Å². The number of carbonyl (C=O) groups excluding carboxylic acids is 2. The molecule has 5 rings (SSSR count). The molecule has 30 heavy (non-hydrogen) atoms. The summed E-state index contributed by atoms with van der Waals surface area (Å²) < 4.78 is 1.01. The summed E-state index contributed by atoms with van der Waals surface area (Å²) in [6.07, 6.45) is 5.05. The molecule has 0 aliphatic heterocycles. The van der Waals surface area contributed by atoms with Crippen LogP contribution in [0.3, 0.4) is 0 Å². The average Bonchev–Trinajstić information content (AvgIpc) is 3.48. The van der Waals surface area contributed by atoms with Crippen LogP contribution in [0.5, 0.6) is 0 Å². The van der Waals surface area contributed by atoms with E-state index in [0.717, 1.165) is 23.1 Å². The average molecular weight is 415 g/mol. The lowest BCUT2D eigenvalue weighted by Gasteiger charge is -2.09. The molecule has 8 heteroatoms. The number of nitrogens with zero attached hydrogens (tertiary/aromatic N) is 3. The normalized spacial score (nSPS) is 13.2. The van der Waals surface area contributed by atoms with E-state index in [2.05, 4.69) is 25.6 Å². The van der Waals surface area contributed by atoms with Crippen LogP contribution in [0.4, 0.5) is 5.69 Å². The van der Waals surface area contributed by atoms with Gasteiger partial charge in [-0.05, 0) is 43.2 Å². The molecular formula is C22H17N5O2S. The number of fused-ring (bicyclic) bond motifs is 1. The van der Waals surface area contributed by atoms with Gasteiger partial charge in [-0.15, -0.1) is 11.3 Å². The van der Waals surface area contributed by atoms with Gasteiger partial charge in [-0.1, -0.05) is 18.2 Å². The van der Waals surface area contributed by atoms with Crippen molar-refractivity contribution in [2.45, 2.75) is 18.9 Å². The Bertz CT molecular complexity index is 1230. The van der Waals surface area contributed by atoms with Gasteiger partial charge >= 0.3 is 0 Å². The zero-order chi connectivity index (χ0) is 20.5. The van der Waals surface area contributed by atoms with E-state index in [9.17, 15) is 9.59 Å². The van der Waals surface area contributed by atoms with Gasteiger partial charge in [-0.25, -0.2) is 15.0 Å². The summed E-state index contributed by atoms with van der Waals surface area (Å²) in [6.45, 7) is 0. The number of benzene rings is 2. The number of hydrogen-bond acceptors (Lipinski definition) is 6. The molecule has 1 aliphatic rings. The van der Waals surface area contributed by atoms with E-state index in [4.69, 9.17) is 0 Å². The first-order valence-corrected chi connectivity index (χ1v) is 10.4. The number of carbonyl (C=O) groups is 2. The van der Waals surface area contributed by atoms with E-state index in [-0.39, 0.29) is 17.6 Å². The Labute approximate surface area is 176 Å². The smallest absolute Gasteiger partial charge is 0.276 e. The Hall–Kier alpha value is -3.65. The molecular weight excluding hydrogens is 398 g/mol. The molecule has 2 heterocycles. The molecule has 2 N–H and O–H groups in total. The zero-order valence-corrected chi connectivity index (χ0v) is 16.6. The second-order valence-electron chi connectivity index (χ2n) is 7.02. The van der Waals surface area contributed by atoms with Crippen molar-refractivity contribution in [2.24, 2.45) is 0 Å². The van der Waals surface area contributed by atoms with Crippen molar-refractivity contribution in [1.29, 1.82) is 0 Å². The fraction of sp³-hybridized carbons (Fsp3) is 0.136. The van der Waals surface area contributed by atoms with Crippen molar-refractivity contribution in [1.82, 2.24) is 20.3 Å². The SMILES string of the molecule is O=C(NC1CC1)c1cccc(NC(=O)c2nccnc2-c2nc3ccccc3s2)c1. The second-order valence-corrected chi connectivity index (χ2v) is 8.05. The van der Waals surface area contributed by atoms with Crippen LogP contribution in [0, 0.1) is 0 Å². The lowest BCUT2D eigenvalue weighted by Crippen LogP contribution is -2.25. The quantitative estimate of drug-likeness (QED) is 0.515. The van der Waals surface area contributed by atoms with Crippen molar-refractivity contribution in [3.63, 3.8) is 0 Å². The lowest BCUT2D eigenvalue weighted by atomic mass is 10.2. The van der Waals surface area contributed by atoms with Gasteiger partial charge in [0.05, 0.1) is 10.2 Å². The van der Waals surface area contributed by atoms with Gasteiger partial charge in [-0.3, -0.25) is 9.59 Å². The Balaban J connectivity index is 1.41. The molecule has 1 fully saturated rings. The van der Waals surface area contributed by atoms with E-state index < -0.39 is 5.91 Å². The number of para-hydroxylation sites is 1. The summed E-state index contributed by atoms with van der Waals surface area (Å²) >= 11 is 1.46. The fourth-order valence-electron chi connectivity index (χ4n) is 3.06. The highest BCUT2D eigenvalue weighted by atomic mass is 32.1. The summed E-state index contributed by atoms with van der Waals surface area (Å²) in [5.74, 6) is -0.541. The number of amides is 2. The Kier molecular flexibility index (Phi) is 4.68. The van der Waals surface area contributed by atoms with Gasteiger partial charge in [0.15, 0.2) is 5.69 Å². The number of aromatic nitrogens is 3. The molecule has 2 aromatic heterocycles. The molecule has 4 aromatic rings. The van der Waals surface area contributed by atoms with Crippen LogP contribution < -0.4 is 10.6 Å². The number of anilines is 1. The van der Waals surface area contributed by atoms with Gasteiger partial charge in [-0.2, -0.15) is 0 Å². The highest BCUT2D eigenvalue weighted by Crippen LogP contribution is 2.30. The Morgan fingerprint density at radius 2 is 1.80 bits per heavy atom. The van der Waals surface area contributed by atoms with Crippen molar-refractivity contribution >= 4 is 39.1 Å². The molecule has 2 amide bonds. The molecule has 7 nitrogen and oxygen atoms in total. The van der Waals surface area contributed by atoms with Crippen molar-refractivity contribution in [2.75, 3.05) is 5.32 Å². The predicted octanol–water partition coefficient (Wildman–Crippen LogP) is 3.90. The fourth-order valence-corrected chi connectivity index (χ4v) is 4.02. The van der Waals surface area contributed by atoms with Crippen LogP contribution in [-0.2, 0) is 0 Å². The van der Waals surface area contributed by atoms with E-state index in [1.54, 1.807) is 30.5 Å². The van der Waals surface area contributed by atoms with Crippen LogP contribution in [0.2, 0.25) is 0 Å². The number of nitrogens with one attached hydrogen (secondary N) is 2. The minimum atomic E-state index is -0.405. The van der Waals surface area contributed by atoms with E-state index >= 15 is 0 Å². The van der Waals surface area contributed by atoms with E-state index in [1.165, 1.54) is 17.5 Å². The van der Waals surface area contributed by atoms with Gasteiger partial charge in [0.25, 0.3) is 11.8 Å². The summed E-state index contributed by atoms with van der Waals surface area (Å²) in [5.41, 5.74) is 2.49. The summed E-state index contributed by atoms with van der Waals surface area (Å²) in [6, 6.07) is 14.9. The van der Waals surface area contributed by atoms with Crippen molar-refractivity contribution in [3.8, 4) is 10.7 Å².